The summed E-state index contributed by atoms with van der Waals surface area (Å²) in [5.41, 5.74) is 2.82. The van der Waals surface area contributed by atoms with Gasteiger partial charge >= 0.3 is 0 Å². The van der Waals surface area contributed by atoms with Crippen LogP contribution in [0.5, 0.6) is 0 Å². The summed E-state index contributed by atoms with van der Waals surface area (Å²) in [6.07, 6.45) is 12.2. The second-order valence-corrected chi connectivity index (χ2v) is 4.29. The first-order valence-corrected chi connectivity index (χ1v) is 6.33. The van der Waals surface area contributed by atoms with Gasteiger partial charge < -0.3 is 5.32 Å². The summed E-state index contributed by atoms with van der Waals surface area (Å²) in [5, 5.41) is 3.35. The van der Waals surface area contributed by atoms with Crippen LogP contribution in [-0.4, -0.2) is 13.1 Å². The van der Waals surface area contributed by atoms with Gasteiger partial charge in [-0.05, 0) is 33.7 Å². The maximum absolute atomic E-state index is 3.35. The minimum Gasteiger partial charge on any atom is -0.313 e. The van der Waals surface area contributed by atoms with Gasteiger partial charge in [0.15, 0.2) is 0 Å². The second kappa shape index (κ2) is 9.41. The molecule has 0 aliphatic rings. The summed E-state index contributed by atoms with van der Waals surface area (Å²) in [6.45, 7) is 8.76. The molecule has 0 rings (SSSR count). The number of hydrogen-bond acceptors (Lipinski definition) is 1. The molecule has 1 N–H and O–H groups in total. The Kier molecular flexibility index (Phi) is 8.93. The van der Waals surface area contributed by atoms with Gasteiger partial charge in [-0.1, -0.05) is 55.7 Å². The summed E-state index contributed by atoms with van der Waals surface area (Å²) in [7, 11) is 2.03. The van der Waals surface area contributed by atoms with Crippen LogP contribution < -0.4 is 5.32 Å². The summed E-state index contributed by atoms with van der Waals surface area (Å²) >= 11 is 0. The first kappa shape index (κ1) is 15.2. The Labute approximate surface area is 101 Å². The summed E-state index contributed by atoms with van der Waals surface area (Å²) in [5.74, 6) is 0. The van der Waals surface area contributed by atoms with Crippen molar-refractivity contribution in [2.45, 2.75) is 53.0 Å². The van der Waals surface area contributed by atoms with Crippen molar-refractivity contribution in [3.8, 4) is 0 Å². The van der Waals surface area contributed by atoms with Gasteiger partial charge in [0.25, 0.3) is 0 Å². The normalized spacial score (nSPS) is 15.8. The third kappa shape index (κ3) is 6.62. The van der Waals surface area contributed by atoms with Gasteiger partial charge in [0.05, 0.1) is 0 Å². The van der Waals surface area contributed by atoms with Crippen LogP contribution in [0, 0.1) is 0 Å². The third-order valence-corrected chi connectivity index (χ3v) is 2.88. The standard InChI is InChI=1S/C15H27N/c1-6-10-15(16-5)14(4)12-9-8-11-13(3)7-2/h8-9,11-12,15-16H,6-7,10H2,1-5H3. The zero-order chi connectivity index (χ0) is 12.4. The molecule has 0 amide bonds. The average molecular weight is 221 g/mol. The van der Waals surface area contributed by atoms with Gasteiger partial charge in [0, 0.05) is 6.04 Å². The molecule has 0 saturated heterocycles. The van der Waals surface area contributed by atoms with Crippen molar-refractivity contribution in [3.63, 3.8) is 0 Å². The molecule has 0 heterocycles. The highest BCUT2D eigenvalue weighted by Gasteiger charge is 2.04. The van der Waals surface area contributed by atoms with Crippen LogP contribution in [0.15, 0.2) is 35.5 Å². The highest BCUT2D eigenvalue weighted by atomic mass is 14.9. The fourth-order valence-corrected chi connectivity index (χ4v) is 1.55. The Morgan fingerprint density at radius 1 is 1.12 bits per heavy atom. The lowest BCUT2D eigenvalue weighted by atomic mass is 10.0. The molecule has 1 unspecified atom stereocenters. The van der Waals surface area contributed by atoms with Crippen molar-refractivity contribution in [3.05, 3.63) is 35.5 Å². The third-order valence-electron chi connectivity index (χ3n) is 2.88. The zero-order valence-corrected chi connectivity index (χ0v) is 11.5. The van der Waals surface area contributed by atoms with E-state index in [9.17, 15) is 0 Å². The van der Waals surface area contributed by atoms with Crippen LogP contribution in [0.25, 0.3) is 0 Å². The van der Waals surface area contributed by atoms with Crippen molar-refractivity contribution < 1.29 is 0 Å². The largest absolute Gasteiger partial charge is 0.313 e. The van der Waals surface area contributed by atoms with E-state index in [0.29, 0.717) is 6.04 Å². The molecular formula is C15H27N. The molecule has 0 aromatic heterocycles. The maximum atomic E-state index is 3.35. The van der Waals surface area contributed by atoms with Crippen LogP contribution in [0.3, 0.4) is 0 Å². The molecule has 92 valence electrons. The monoisotopic (exact) mass is 221 g/mol. The molecule has 0 aromatic rings. The van der Waals surface area contributed by atoms with Gasteiger partial charge in [-0.2, -0.15) is 0 Å². The second-order valence-electron chi connectivity index (χ2n) is 4.29. The molecular weight excluding hydrogens is 194 g/mol. The van der Waals surface area contributed by atoms with Gasteiger partial charge in [0.2, 0.25) is 0 Å². The molecule has 1 nitrogen and oxygen atoms in total. The van der Waals surface area contributed by atoms with E-state index in [1.165, 1.54) is 24.0 Å². The van der Waals surface area contributed by atoms with Crippen molar-refractivity contribution in [2.24, 2.45) is 0 Å². The molecule has 0 spiro atoms. The first-order chi connectivity index (χ1) is 7.65. The van der Waals surface area contributed by atoms with E-state index in [1.54, 1.807) is 0 Å². The van der Waals surface area contributed by atoms with Gasteiger partial charge in [-0.15, -0.1) is 0 Å². The number of hydrogen-bond donors (Lipinski definition) is 1. The van der Waals surface area contributed by atoms with E-state index in [2.05, 4.69) is 57.3 Å². The van der Waals surface area contributed by atoms with Crippen LogP contribution in [0.1, 0.15) is 47.0 Å². The lowest BCUT2D eigenvalue weighted by molar-refractivity contribution is 0.578. The quantitative estimate of drug-likeness (QED) is 0.634. The Balaban J connectivity index is 4.30. The Morgan fingerprint density at radius 3 is 2.25 bits per heavy atom. The number of nitrogens with one attached hydrogen (secondary N) is 1. The van der Waals surface area contributed by atoms with E-state index in [-0.39, 0.29) is 0 Å². The molecule has 1 atom stereocenters. The predicted molar refractivity (Wildman–Crippen MR) is 74.7 cm³/mol. The lowest BCUT2D eigenvalue weighted by Crippen LogP contribution is -2.25. The van der Waals surface area contributed by atoms with E-state index >= 15 is 0 Å². The molecule has 0 aromatic carbocycles. The van der Waals surface area contributed by atoms with Crippen LogP contribution >= 0.6 is 0 Å². The minimum absolute atomic E-state index is 0.519. The van der Waals surface area contributed by atoms with E-state index < -0.39 is 0 Å². The molecule has 0 saturated carbocycles. The number of rotatable bonds is 7. The SMILES string of the molecule is CCCC(NC)C(C)=CC=CC=C(C)CC. The van der Waals surface area contributed by atoms with E-state index in [4.69, 9.17) is 0 Å². The maximum Gasteiger partial charge on any atom is 0.0276 e. The van der Waals surface area contributed by atoms with Crippen LogP contribution in [0.2, 0.25) is 0 Å². The Bertz CT molecular complexity index is 259. The zero-order valence-electron chi connectivity index (χ0n) is 11.5. The van der Waals surface area contributed by atoms with Gasteiger partial charge in [-0.25, -0.2) is 0 Å². The lowest BCUT2D eigenvalue weighted by Gasteiger charge is -2.15. The molecule has 0 fully saturated rings. The fraction of sp³-hybridized carbons (Fsp3) is 0.600. The summed E-state index contributed by atoms with van der Waals surface area (Å²) in [4.78, 5) is 0. The molecule has 0 aliphatic carbocycles. The van der Waals surface area contributed by atoms with Crippen molar-refractivity contribution >= 4 is 0 Å². The van der Waals surface area contributed by atoms with Gasteiger partial charge in [-0.3, -0.25) is 0 Å². The fourth-order valence-electron chi connectivity index (χ4n) is 1.55. The molecule has 0 aliphatic heterocycles. The summed E-state index contributed by atoms with van der Waals surface area (Å²) < 4.78 is 0. The first-order valence-electron chi connectivity index (χ1n) is 6.33. The van der Waals surface area contributed by atoms with E-state index in [1.807, 2.05) is 7.05 Å². The minimum atomic E-state index is 0.519. The van der Waals surface area contributed by atoms with Crippen LogP contribution in [-0.2, 0) is 0 Å². The number of likely N-dealkylation sites (N-methyl/N-ethyl adjacent to an activating group) is 1. The smallest absolute Gasteiger partial charge is 0.0276 e. The highest BCUT2D eigenvalue weighted by Crippen LogP contribution is 2.08. The molecule has 16 heavy (non-hydrogen) atoms. The molecule has 0 radical (unpaired) electrons. The van der Waals surface area contributed by atoms with Crippen molar-refractivity contribution in [1.82, 2.24) is 5.32 Å². The number of allylic oxidation sites excluding steroid dienone is 5. The van der Waals surface area contributed by atoms with Crippen LogP contribution in [0.4, 0.5) is 0 Å². The van der Waals surface area contributed by atoms with E-state index in [0.717, 1.165) is 6.42 Å². The average Bonchev–Trinajstić information content (AvgIpc) is 2.30. The van der Waals surface area contributed by atoms with Gasteiger partial charge in [0.1, 0.15) is 0 Å². The molecule has 0 bridgehead atoms. The van der Waals surface area contributed by atoms with Crippen molar-refractivity contribution in [2.75, 3.05) is 7.05 Å². The Morgan fingerprint density at radius 2 is 1.75 bits per heavy atom. The van der Waals surface area contributed by atoms with Crippen molar-refractivity contribution in [1.29, 1.82) is 0 Å². The Hall–Kier alpha value is -0.820. The predicted octanol–water partition coefficient (Wildman–Crippen LogP) is 4.23. The molecule has 1 heteroatoms. The highest BCUT2D eigenvalue weighted by molar-refractivity contribution is 5.20. The summed E-state index contributed by atoms with van der Waals surface area (Å²) in [6, 6.07) is 0.519. The topological polar surface area (TPSA) is 12.0 Å².